The topological polar surface area (TPSA) is 93.1 Å². The molecular weight excluding hydrogens is 240 g/mol. The summed E-state index contributed by atoms with van der Waals surface area (Å²) < 4.78 is 9.81. The average Bonchev–Trinajstić information content (AvgIpc) is 2.14. The third-order valence-corrected chi connectivity index (χ3v) is 3.55. The quantitative estimate of drug-likeness (QED) is 0.783. The van der Waals surface area contributed by atoms with Gasteiger partial charge in [-0.05, 0) is 25.7 Å². The van der Waals surface area contributed by atoms with Crippen LogP contribution in [0.5, 0.6) is 0 Å². The lowest BCUT2D eigenvalue weighted by atomic mass is 9.82. The van der Waals surface area contributed by atoms with Crippen molar-refractivity contribution in [2.75, 3.05) is 14.2 Å². The molecule has 2 fully saturated rings. The maximum atomic E-state index is 10.2. The fraction of sp³-hybridized carbons (Fsp3) is 0.833. The lowest BCUT2D eigenvalue weighted by Crippen LogP contribution is -2.35. The Bertz CT molecular complexity index is 261. The molecule has 0 atom stereocenters. The van der Waals surface area contributed by atoms with Gasteiger partial charge in [0.2, 0.25) is 0 Å². The van der Waals surface area contributed by atoms with Crippen LogP contribution in [0.25, 0.3) is 0 Å². The normalized spacial score (nSPS) is 33.4. The van der Waals surface area contributed by atoms with Crippen LogP contribution in [0, 0.1) is 11.8 Å². The Hall–Kier alpha value is -1.14. The molecule has 6 nitrogen and oxygen atoms in total. The number of ether oxygens (including phenoxy) is 2. The standard InChI is InChI=1S/2C6H10O3/c2*1-9-5-2-4(3-5)6(7)8/h2*4-5H,2-3H2,1H3,(H,7,8). The molecule has 2 rings (SSSR count). The molecule has 6 heteroatoms. The predicted octanol–water partition coefficient (Wildman–Crippen LogP) is 0.992. The molecule has 0 aliphatic heterocycles. The first-order valence-corrected chi connectivity index (χ1v) is 5.99. The Balaban J connectivity index is 0.000000180. The zero-order valence-corrected chi connectivity index (χ0v) is 10.7. The van der Waals surface area contributed by atoms with Gasteiger partial charge in [-0.2, -0.15) is 0 Å². The van der Waals surface area contributed by atoms with Crippen LogP contribution in [0.3, 0.4) is 0 Å². The molecule has 2 aliphatic carbocycles. The summed E-state index contributed by atoms with van der Waals surface area (Å²) in [4.78, 5) is 20.4. The van der Waals surface area contributed by atoms with E-state index < -0.39 is 11.9 Å². The SMILES string of the molecule is COC1CC(C(=O)O)C1.COC1CC(C(=O)O)C1. The highest BCUT2D eigenvalue weighted by Gasteiger charge is 2.34. The second kappa shape index (κ2) is 6.70. The molecule has 18 heavy (non-hydrogen) atoms. The van der Waals surface area contributed by atoms with Crippen LogP contribution in [-0.2, 0) is 19.1 Å². The Morgan fingerprint density at radius 2 is 1.11 bits per heavy atom. The van der Waals surface area contributed by atoms with Crippen molar-refractivity contribution >= 4 is 11.9 Å². The minimum Gasteiger partial charge on any atom is -0.481 e. The van der Waals surface area contributed by atoms with E-state index in [-0.39, 0.29) is 24.0 Å². The van der Waals surface area contributed by atoms with E-state index in [0.29, 0.717) is 25.7 Å². The monoisotopic (exact) mass is 260 g/mol. The second-order valence-electron chi connectivity index (χ2n) is 4.73. The van der Waals surface area contributed by atoms with E-state index in [1.165, 1.54) is 0 Å². The minimum absolute atomic E-state index is 0.144. The number of aliphatic carboxylic acids is 2. The Labute approximate surface area is 106 Å². The van der Waals surface area contributed by atoms with Gasteiger partial charge in [0, 0.05) is 14.2 Å². The summed E-state index contributed by atoms with van der Waals surface area (Å²) in [5, 5.41) is 16.8. The maximum absolute atomic E-state index is 10.2. The summed E-state index contributed by atoms with van der Waals surface area (Å²) in [6.07, 6.45) is 3.15. The van der Waals surface area contributed by atoms with Gasteiger partial charge < -0.3 is 19.7 Å². The van der Waals surface area contributed by atoms with Gasteiger partial charge in [-0.1, -0.05) is 0 Å². The third-order valence-electron chi connectivity index (χ3n) is 3.55. The molecule has 0 heterocycles. The number of hydrogen-bond acceptors (Lipinski definition) is 4. The van der Waals surface area contributed by atoms with Crippen LogP contribution >= 0.6 is 0 Å². The lowest BCUT2D eigenvalue weighted by Gasteiger charge is -2.30. The molecular formula is C12H20O6. The van der Waals surface area contributed by atoms with Gasteiger partial charge >= 0.3 is 11.9 Å². The molecule has 0 bridgehead atoms. The maximum Gasteiger partial charge on any atom is 0.306 e. The summed E-state index contributed by atoms with van der Waals surface area (Å²) in [7, 11) is 3.23. The number of methoxy groups -OCH3 is 2. The van der Waals surface area contributed by atoms with Gasteiger partial charge in [0.05, 0.1) is 24.0 Å². The molecule has 2 saturated carbocycles. The molecule has 2 aliphatic rings. The van der Waals surface area contributed by atoms with E-state index >= 15 is 0 Å². The zero-order chi connectivity index (χ0) is 13.7. The molecule has 0 spiro atoms. The van der Waals surface area contributed by atoms with E-state index in [0.717, 1.165) is 0 Å². The molecule has 0 saturated heterocycles. The van der Waals surface area contributed by atoms with Crippen LogP contribution < -0.4 is 0 Å². The predicted molar refractivity (Wildman–Crippen MR) is 62.3 cm³/mol. The Kier molecular flexibility index (Phi) is 5.55. The van der Waals surface area contributed by atoms with Crippen molar-refractivity contribution in [3.63, 3.8) is 0 Å². The largest absolute Gasteiger partial charge is 0.481 e. The molecule has 0 aromatic rings. The van der Waals surface area contributed by atoms with E-state index in [4.69, 9.17) is 19.7 Å². The van der Waals surface area contributed by atoms with Gasteiger partial charge in [0.15, 0.2) is 0 Å². The van der Waals surface area contributed by atoms with Crippen molar-refractivity contribution in [2.45, 2.75) is 37.9 Å². The van der Waals surface area contributed by atoms with Crippen molar-refractivity contribution in [3.8, 4) is 0 Å². The zero-order valence-electron chi connectivity index (χ0n) is 10.7. The highest BCUT2D eigenvalue weighted by molar-refractivity contribution is 5.71. The van der Waals surface area contributed by atoms with Crippen molar-refractivity contribution in [2.24, 2.45) is 11.8 Å². The molecule has 0 unspecified atom stereocenters. The number of carboxylic acids is 2. The van der Waals surface area contributed by atoms with Crippen molar-refractivity contribution in [1.29, 1.82) is 0 Å². The first-order chi connectivity index (χ1) is 8.47. The highest BCUT2D eigenvalue weighted by Crippen LogP contribution is 2.29. The molecule has 2 N–H and O–H groups in total. The van der Waals surface area contributed by atoms with Crippen molar-refractivity contribution < 1.29 is 29.3 Å². The number of hydrogen-bond donors (Lipinski definition) is 2. The van der Waals surface area contributed by atoms with Crippen molar-refractivity contribution in [3.05, 3.63) is 0 Å². The van der Waals surface area contributed by atoms with Crippen LogP contribution in [-0.4, -0.2) is 48.6 Å². The highest BCUT2D eigenvalue weighted by atomic mass is 16.5. The van der Waals surface area contributed by atoms with Gasteiger partial charge in [-0.15, -0.1) is 0 Å². The number of carbonyl (C=O) groups is 2. The third kappa shape index (κ3) is 3.96. The fourth-order valence-corrected chi connectivity index (χ4v) is 1.92. The molecule has 0 amide bonds. The number of rotatable bonds is 4. The summed E-state index contributed by atoms with van der Waals surface area (Å²) in [6, 6.07) is 0. The summed E-state index contributed by atoms with van der Waals surface area (Å²) >= 11 is 0. The average molecular weight is 260 g/mol. The Morgan fingerprint density at radius 1 is 0.833 bits per heavy atom. The van der Waals surface area contributed by atoms with Crippen LogP contribution in [0.1, 0.15) is 25.7 Å². The molecule has 0 aromatic heterocycles. The summed E-state index contributed by atoms with van der Waals surface area (Å²) in [6.45, 7) is 0. The van der Waals surface area contributed by atoms with Gasteiger partial charge in [-0.25, -0.2) is 0 Å². The summed E-state index contributed by atoms with van der Waals surface area (Å²) in [5.41, 5.74) is 0. The summed E-state index contributed by atoms with van der Waals surface area (Å²) in [5.74, 6) is -1.67. The van der Waals surface area contributed by atoms with E-state index in [2.05, 4.69) is 0 Å². The molecule has 0 radical (unpaired) electrons. The van der Waals surface area contributed by atoms with Gasteiger partial charge in [-0.3, -0.25) is 9.59 Å². The van der Waals surface area contributed by atoms with Crippen LogP contribution in [0.15, 0.2) is 0 Å². The lowest BCUT2D eigenvalue weighted by molar-refractivity contribution is -0.150. The minimum atomic E-state index is -0.691. The fourth-order valence-electron chi connectivity index (χ4n) is 1.92. The van der Waals surface area contributed by atoms with E-state index in [9.17, 15) is 9.59 Å². The second-order valence-corrected chi connectivity index (χ2v) is 4.73. The Morgan fingerprint density at radius 3 is 1.28 bits per heavy atom. The van der Waals surface area contributed by atoms with Crippen molar-refractivity contribution in [1.82, 2.24) is 0 Å². The van der Waals surface area contributed by atoms with E-state index in [1.807, 2.05) is 0 Å². The smallest absolute Gasteiger partial charge is 0.306 e. The first-order valence-electron chi connectivity index (χ1n) is 5.99. The van der Waals surface area contributed by atoms with Gasteiger partial charge in [0.1, 0.15) is 0 Å². The van der Waals surface area contributed by atoms with Crippen LogP contribution in [0.4, 0.5) is 0 Å². The van der Waals surface area contributed by atoms with Gasteiger partial charge in [0.25, 0.3) is 0 Å². The molecule has 0 aromatic carbocycles. The van der Waals surface area contributed by atoms with Crippen LogP contribution in [0.2, 0.25) is 0 Å². The molecule has 104 valence electrons. The number of carboxylic acid groups (broad SMARTS) is 2. The van der Waals surface area contributed by atoms with E-state index in [1.54, 1.807) is 14.2 Å². The first kappa shape index (κ1) is 14.9.